The lowest BCUT2D eigenvalue weighted by molar-refractivity contribution is 0.00854. The zero-order chi connectivity index (χ0) is 10.2. The van der Waals surface area contributed by atoms with Crippen LogP contribution >= 0.6 is 11.6 Å². The summed E-state index contributed by atoms with van der Waals surface area (Å²) in [5, 5.41) is 10.5. The summed E-state index contributed by atoms with van der Waals surface area (Å²) >= 11 is 5.98. The maximum Gasteiger partial charge on any atom is 0.0992 e. The molecule has 0 saturated carbocycles. The van der Waals surface area contributed by atoms with E-state index < -0.39 is 5.60 Å². The van der Waals surface area contributed by atoms with E-state index in [1.807, 2.05) is 13.0 Å². The minimum Gasteiger partial charge on any atom is -0.386 e. The van der Waals surface area contributed by atoms with E-state index in [0.717, 1.165) is 12.1 Å². The van der Waals surface area contributed by atoms with Gasteiger partial charge in [0, 0.05) is 25.5 Å². The zero-order valence-electron chi connectivity index (χ0n) is 8.07. The molecule has 1 N–H and O–H groups in total. The van der Waals surface area contributed by atoms with Gasteiger partial charge >= 0.3 is 0 Å². The van der Waals surface area contributed by atoms with Crippen LogP contribution in [0.2, 0.25) is 5.02 Å². The van der Waals surface area contributed by atoms with Crippen molar-refractivity contribution in [2.45, 2.75) is 18.9 Å². The molecule has 1 aromatic heterocycles. The Balaban J connectivity index is 2.10. The fraction of sp³-hybridized carbons (Fsp3) is 0.500. The van der Waals surface area contributed by atoms with Crippen molar-refractivity contribution in [2.24, 2.45) is 0 Å². The third-order valence-corrected chi connectivity index (χ3v) is 3.01. The van der Waals surface area contributed by atoms with Crippen molar-refractivity contribution in [2.75, 3.05) is 18.0 Å². The lowest BCUT2D eigenvalue weighted by atomic mass is 9.91. The molecule has 2 rings (SSSR count). The third kappa shape index (κ3) is 1.57. The van der Waals surface area contributed by atoms with Crippen LogP contribution in [-0.4, -0.2) is 28.8 Å². The van der Waals surface area contributed by atoms with E-state index in [4.69, 9.17) is 11.6 Å². The average Bonchev–Trinajstić information content (AvgIpc) is 2.14. The molecule has 0 radical (unpaired) electrons. The first-order chi connectivity index (χ1) is 6.64. The summed E-state index contributed by atoms with van der Waals surface area (Å²) in [7, 11) is 0. The van der Waals surface area contributed by atoms with Gasteiger partial charge in [0.15, 0.2) is 0 Å². The summed E-state index contributed by atoms with van der Waals surface area (Å²) in [4.78, 5) is 5.98. The van der Waals surface area contributed by atoms with Gasteiger partial charge in [-0.25, -0.2) is 0 Å². The van der Waals surface area contributed by atoms with E-state index in [1.54, 1.807) is 12.4 Å². The predicted molar refractivity (Wildman–Crippen MR) is 56.7 cm³/mol. The molecule has 1 aliphatic rings. The number of hydrogen-bond acceptors (Lipinski definition) is 3. The standard InChI is InChI=1S/C10H13ClN2O/c1-2-10(14)6-13(7-10)9-3-4-12-5-8(9)11/h3-5,14H,2,6-7H2,1H3. The molecular weight excluding hydrogens is 200 g/mol. The highest BCUT2D eigenvalue weighted by Crippen LogP contribution is 2.33. The Bertz CT molecular complexity index is 337. The van der Waals surface area contributed by atoms with Crippen molar-refractivity contribution in [3.63, 3.8) is 0 Å². The fourth-order valence-electron chi connectivity index (χ4n) is 1.68. The van der Waals surface area contributed by atoms with E-state index >= 15 is 0 Å². The van der Waals surface area contributed by atoms with Crippen LogP contribution in [0.3, 0.4) is 0 Å². The number of β-amino-alcohol motifs (C(OH)–C–C–N with tert-alkyl or cyclic N) is 1. The summed E-state index contributed by atoms with van der Waals surface area (Å²) in [5.41, 5.74) is 0.437. The lowest BCUT2D eigenvalue weighted by Gasteiger charge is -2.47. The highest BCUT2D eigenvalue weighted by atomic mass is 35.5. The number of rotatable bonds is 2. The van der Waals surface area contributed by atoms with Crippen LogP contribution in [0.4, 0.5) is 5.69 Å². The van der Waals surface area contributed by atoms with Crippen molar-refractivity contribution >= 4 is 17.3 Å². The van der Waals surface area contributed by atoms with Gasteiger partial charge in [-0.1, -0.05) is 18.5 Å². The molecule has 0 atom stereocenters. The van der Waals surface area contributed by atoms with Gasteiger partial charge in [0.1, 0.15) is 0 Å². The van der Waals surface area contributed by atoms with Crippen molar-refractivity contribution in [3.05, 3.63) is 23.5 Å². The van der Waals surface area contributed by atoms with Crippen LogP contribution in [0.15, 0.2) is 18.5 Å². The van der Waals surface area contributed by atoms with E-state index in [-0.39, 0.29) is 0 Å². The fourth-order valence-corrected chi connectivity index (χ4v) is 1.92. The van der Waals surface area contributed by atoms with E-state index in [0.29, 0.717) is 18.1 Å². The monoisotopic (exact) mass is 212 g/mol. The molecule has 0 bridgehead atoms. The minimum absolute atomic E-state index is 0.521. The second-order valence-corrected chi connectivity index (χ2v) is 4.17. The first-order valence-corrected chi connectivity index (χ1v) is 5.09. The molecule has 1 fully saturated rings. The molecular formula is C10H13ClN2O. The van der Waals surface area contributed by atoms with E-state index in [1.165, 1.54) is 0 Å². The van der Waals surface area contributed by atoms with Crippen LogP contribution in [-0.2, 0) is 0 Å². The topological polar surface area (TPSA) is 36.4 Å². The molecule has 0 unspecified atom stereocenters. The predicted octanol–water partition coefficient (Wildman–Crippen LogP) is 1.70. The summed E-state index contributed by atoms with van der Waals surface area (Å²) < 4.78 is 0. The number of anilines is 1. The summed E-state index contributed by atoms with van der Waals surface area (Å²) in [6.45, 7) is 3.31. The number of halogens is 1. The quantitative estimate of drug-likeness (QED) is 0.811. The number of pyridine rings is 1. The Hall–Kier alpha value is -0.800. The highest BCUT2D eigenvalue weighted by Gasteiger charge is 2.40. The molecule has 76 valence electrons. The maximum absolute atomic E-state index is 9.84. The van der Waals surface area contributed by atoms with Gasteiger partial charge in [0.25, 0.3) is 0 Å². The Kier molecular flexibility index (Phi) is 2.37. The van der Waals surface area contributed by atoms with Gasteiger partial charge < -0.3 is 10.0 Å². The van der Waals surface area contributed by atoms with Crippen molar-refractivity contribution < 1.29 is 5.11 Å². The summed E-state index contributed by atoms with van der Waals surface area (Å²) in [6, 6.07) is 1.87. The van der Waals surface area contributed by atoms with Crippen LogP contribution in [0, 0.1) is 0 Å². The molecule has 3 nitrogen and oxygen atoms in total. The van der Waals surface area contributed by atoms with Gasteiger partial charge in [0.05, 0.1) is 16.3 Å². The molecule has 2 heterocycles. The second kappa shape index (κ2) is 3.41. The Morgan fingerprint density at radius 1 is 1.64 bits per heavy atom. The minimum atomic E-state index is -0.521. The van der Waals surface area contributed by atoms with E-state index in [2.05, 4.69) is 9.88 Å². The Morgan fingerprint density at radius 2 is 2.36 bits per heavy atom. The molecule has 14 heavy (non-hydrogen) atoms. The maximum atomic E-state index is 9.84. The molecule has 4 heteroatoms. The molecule has 0 aliphatic carbocycles. The molecule has 0 amide bonds. The SMILES string of the molecule is CCC1(O)CN(c2ccncc2Cl)C1. The molecule has 1 aromatic rings. The molecule has 1 aliphatic heterocycles. The third-order valence-electron chi connectivity index (χ3n) is 2.72. The largest absolute Gasteiger partial charge is 0.386 e. The van der Waals surface area contributed by atoms with Crippen molar-refractivity contribution in [1.82, 2.24) is 4.98 Å². The van der Waals surface area contributed by atoms with E-state index in [9.17, 15) is 5.11 Å². The lowest BCUT2D eigenvalue weighted by Crippen LogP contribution is -2.61. The van der Waals surface area contributed by atoms with Gasteiger partial charge in [0.2, 0.25) is 0 Å². The molecule has 0 spiro atoms. The number of aliphatic hydroxyl groups is 1. The number of nitrogens with zero attached hydrogens (tertiary/aromatic N) is 2. The van der Waals surface area contributed by atoms with Crippen molar-refractivity contribution in [1.29, 1.82) is 0 Å². The van der Waals surface area contributed by atoms with Crippen LogP contribution in [0.5, 0.6) is 0 Å². The first-order valence-electron chi connectivity index (χ1n) is 4.71. The molecule has 0 aromatic carbocycles. The number of aromatic nitrogens is 1. The van der Waals surface area contributed by atoms with Crippen LogP contribution in [0.1, 0.15) is 13.3 Å². The highest BCUT2D eigenvalue weighted by molar-refractivity contribution is 6.33. The van der Waals surface area contributed by atoms with Gasteiger partial charge in [-0.15, -0.1) is 0 Å². The number of hydrogen-bond donors (Lipinski definition) is 1. The summed E-state index contributed by atoms with van der Waals surface area (Å²) in [6.07, 6.45) is 4.12. The van der Waals surface area contributed by atoms with Crippen LogP contribution < -0.4 is 4.90 Å². The van der Waals surface area contributed by atoms with Gasteiger partial charge in [-0.05, 0) is 12.5 Å². The van der Waals surface area contributed by atoms with Gasteiger partial charge in [-0.3, -0.25) is 4.98 Å². The molecule has 1 saturated heterocycles. The Labute approximate surface area is 88.3 Å². The second-order valence-electron chi connectivity index (χ2n) is 3.76. The normalized spacial score (nSPS) is 19.2. The summed E-state index contributed by atoms with van der Waals surface area (Å²) in [5.74, 6) is 0. The van der Waals surface area contributed by atoms with Crippen molar-refractivity contribution in [3.8, 4) is 0 Å². The Morgan fingerprint density at radius 3 is 2.93 bits per heavy atom. The first kappa shape index (κ1) is 9.74. The zero-order valence-corrected chi connectivity index (χ0v) is 8.83. The van der Waals surface area contributed by atoms with Crippen LogP contribution in [0.25, 0.3) is 0 Å². The smallest absolute Gasteiger partial charge is 0.0992 e. The van der Waals surface area contributed by atoms with Gasteiger partial charge in [-0.2, -0.15) is 0 Å². The average molecular weight is 213 g/mol.